The van der Waals surface area contributed by atoms with E-state index in [4.69, 9.17) is 0 Å². The Bertz CT molecular complexity index is 879. The predicted octanol–water partition coefficient (Wildman–Crippen LogP) is 3.39. The lowest BCUT2D eigenvalue weighted by Crippen LogP contribution is -2.33. The number of fused-ring (bicyclic) bond motifs is 1. The molecule has 0 radical (unpaired) electrons. The number of rotatable bonds is 3. The fraction of sp³-hybridized carbons (Fsp3) is 0.235. The zero-order valence-corrected chi connectivity index (χ0v) is 16.1. The number of amides is 1. The Balaban J connectivity index is 1.91. The second-order valence-corrected chi connectivity index (χ2v) is 8.61. The number of carbonyl (C=O) groups is 1. The molecule has 2 aromatic carbocycles. The van der Waals surface area contributed by atoms with Crippen molar-refractivity contribution < 1.29 is 13.2 Å². The highest BCUT2D eigenvalue weighted by atomic mass is 127. The fourth-order valence-electron chi connectivity index (χ4n) is 2.80. The van der Waals surface area contributed by atoms with Crippen molar-refractivity contribution in [3.63, 3.8) is 0 Å². The smallest absolute Gasteiger partial charge is 0.261 e. The quantitative estimate of drug-likeness (QED) is 0.721. The second kappa shape index (κ2) is 6.72. The van der Waals surface area contributed by atoms with E-state index in [-0.39, 0.29) is 10.8 Å². The van der Waals surface area contributed by atoms with Gasteiger partial charge in [-0.25, -0.2) is 8.42 Å². The molecule has 3 rings (SSSR count). The van der Waals surface area contributed by atoms with Gasteiger partial charge in [0.05, 0.1) is 4.90 Å². The van der Waals surface area contributed by atoms with Gasteiger partial charge in [-0.05, 0) is 83.5 Å². The van der Waals surface area contributed by atoms with E-state index in [2.05, 4.69) is 27.3 Å². The van der Waals surface area contributed by atoms with Crippen LogP contribution in [-0.4, -0.2) is 20.9 Å². The molecule has 126 valence electrons. The lowest BCUT2D eigenvalue weighted by Gasteiger charge is -2.28. The lowest BCUT2D eigenvalue weighted by atomic mass is 10.0. The molecule has 7 heteroatoms. The number of sulfonamides is 1. The van der Waals surface area contributed by atoms with Crippen LogP contribution in [0.1, 0.15) is 18.9 Å². The first kappa shape index (κ1) is 17.2. The molecular formula is C17H17IN2O3S. The molecule has 1 N–H and O–H groups in total. The summed E-state index contributed by atoms with van der Waals surface area (Å²) in [4.78, 5) is 13.6. The zero-order chi connectivity index (χ0) is 17.3. The maximum absolute atomic E-state index is 12.6. The summed E-state index contributed by atoms with van der Waals surface area (Å²) in [6.45, 7) is 2.20. The maximum Gasteiger partial charge on any atom is 0.261 e. The maximum atomic E-state index is 12.6. The first-order chi connectivity index (χ1) is 11.4. The molecule has 1 heterocycles. The minimum atomic E-state index is -3.65. The van der Waals surface area contributed by atoms with E-state index in [0.29, 0.717) is 12.2 Å². The monoisotopic (exact) mass is 456 g/mol. The van der Waals surface area contributed by atoms with E-state index in [9.17, 15) is 13.2 Å². The fourth-order valence-corrected chi connectivity index (χ4v) is 4.27. The number of halogens is 1. The third kappa shape index (κ3) is 3.56. The van der Waals surface area contributed by atoms with Crippen molar-refractivity contribution in [2.24, 2.45) is 0 Å². The molecule has 24 heavy (non-hydrogen) atoms. The Labute approximate surface area is 155 Å². The first-order valence-electron chi connectivity index (χ1n) is 7.56. The number of aryl methyl sites for hydroxylation is 1. The molecule has 0 spiro atoms. The summed E-state index contributed by atoms with van der Waals surface area (Å²) in [6.07, 6.45) is 1.60. The summed E-state index contributed by atoms with van der Waals surface area (Å²) in [5, 5.41) is 0. The highest BCUT2D eigenvalue weighted by Gasteiger charge is 2.23. The van der Waals surface area contributed by atoms with Crippen molar-refractivity contribution in [1.82, 2.24) is 0 Å². The van der Waals surface area contributed by atoms with Crippen molar-refractivity contribution in [2.75, 3.05) is 16.2 Å². The Kier molecular flexibility index (Phi) is 4.82. The number of nitrogens with zero attached hydrogens (tertiary/aromatic N) is 1. The summed E-state index contributed by atoms with van der Waals surface area (Å²) >= 11 is 2.17. The molecule has 0 saturated heterocycles. The molecule has 1 amide bonds. The van der Waals surface area contributed by atoms with Crippen LogP contribution >= 0.6 is 22.6 Å². The molecule has 0 fully saturated rings. The van der Waals surface area contributed by atoms with Crippen LogP contribution in [0, 0.1) is 3.57 Å². The van der Waals surface area contributed by atoms with Crippen LogP contribution in [0.2, 0.25) is 0 Å². The largest absolute Gasteiger partial charge is 0.312 e. The third-order valence-electron chi connectivity index (χ3n) is 3.96. The molecule has 0 unspecified atom stereocenters. The van der Waals surface area contributed by atoms with Crippen LogP contribution in [0.4, 0.5) is 11.4 Å². The van der Waals surface area contributed by atoms with E-state index in [1.165, 1.54) is 6.92 Å². The van der Waals surface area contributed by atoms with Crippen molar-refractivity contribution in [3.8, 4) is 0 Å². The van der Waals surface area contributed by atoms with E-state index in [1.54, 1.807) is 35.2 Å². The number of hydrogen-bond donors (Lipinski definition) is 1. The average Bonchev–Trinajstić information content (AvgIpc) is 2.55. The van der Waals surface area contributed by atoms with E-state index in [0.717, 1.165) is 27.7 Å². The number of anilines is 2. The second-order valence-electron chi connectivity index (χ2n) is 5.68. The van der Waals surface area contributed by atoms with Crippen LogP contribution in [0.5, 0.6) is 0 Å². The highest BCUT2D eigenvalue weighted by molar-refractivity contribution is 14.1. The molecule has 0 aliphatic carbocycles. The van der Waals surface area contributed by atoms with Gasteiger partial charge in [0.2, 0.25) is 5.91 Å². The van der Waals surface area contributed by atoms with Gasteiger partial charge in [0.25, 0.3) is 10.0 Å². The number of benzene rings is 2. The number of hydrogen-bond acceptors (Lipinski definition) is 3. The first-order valence-corrected chi connectivity index (χ1v) is 10.1. The van der Waals surface area contributed by atoms with Gasteiger partial charge in [-0.1, -0.05) is 0 Å². The Morgan fingerprint density at radius 1 is 1.17 bits per heavy atom. The van der Waals surface area contributed by atoms with Gasteiger partial charge >= 0.3 is 0 Å². The van der Waals surface area contributed by atoms with Crippen LogP contribution in [0.15, 0.2) is 47.4 Å². The topological polar surface area (TPSA) is 66.5 Å². The Morgan fingerprint density at radius 2 is 1.88 bits per heavy atom. The van der Waals surface area contributed by atoms with Crippen molar-refractivity contribution in [2.45, 2.75) is 24.7 Å². The Hall–Kier alpha value is -1.61. The van der Waals surface area contributed by atoms with E-state index in [1.807, 2.05) is 12.1 Å². The third-order valence-corrected chi connectivity index (χ3v) is 6.05. The van der Waals surface area contributed by atoms with Gasteiger partial charge in [0, 0.05) is 28.4 Å². The summed E-state index contributed by atoms with van der Waals surface area (Å²) in [7, 11) is -3.65. The average molecular weight is 456 g/mol. The van der Waals surface area contributed by atoms with Crippen LogP contribution in [0.25, 0.3) is 0 Å². The van der Waals surface area contributed by atoms with Gasteiger partial charge in [-0.2, -0.15) is 0 Å². The molecule has 2 aromatic rings. The highest BCUT2D eigenvalue weighted by Crippen LogP contribution is 2.30. The standard InChI is InChI=1S/C17H17IN2O3S/c1-12(21)20-10-2-3-13-11-16(8-9-17(13)20)24(22,23)19-15-6-4-14(18)5-7-15/h4-9,11,19H,2-3,10H2,1H3. The molecular weight excluding hydrogens is 439 g/mol. The van der Waals surface area contributed by atoms with E-state index < -0.39 is 10.0 Å². The van der Waals surface area contributed by atoms with Gasteiger partial charge in [0.1, 0.15) is 0 Å². The van der Waals surface area contributed by atoms with Gasteiger partial charge in [0.15, 0.2) is 0 Å². The number of carbonyl (C=O) groups excluding carboxylic acids is 1. The van der Waals surface area contributed by atoms with Crippen molar-refractivity contribution >= 4 is 49.9 Å². The molecule has 0 bridgehead atoms. The van der Waals surface area contributed by atoms with Crippen LogP contribution in [0.3, 0.4) is 0 Å². The molecule has 1 aliphatic heterocycles. The van der Waals surface area contributed by atoms with Crippen LogP contribution < -0.4 is 9.62 Å². The SMILES string of the molecule is CC(=O)N1CCCc2cc(S(=O)(=O)Nc3ccc(I)cc3)ccc21. The van der Waals surface area contributed by atoms with Crippen molar-refractivity contribution in [1.29, 1.82) is 0 Å². The van der Waals surface area contributed by atoms with Gasteiger partial charge in [-0.15, -0.1) is 0 Å². The molecule has 1 aliphatic rings. The lowest BCUT2D eigenvalue weighted by molar-refractivity contribution is -0.116. The zero-order valence-electron chi connectivity index (χ0n) is 13.1. The van der Waals surface area contributed by atoms with Crippen molar-refractivity contribution in [3.05, 3.63) is 51.6 Å². The molecule has 0 atom stereocenters. The van der Waals surface area contributed by atoms with Crippen LogP contribution in [-0.2, 0) is 21.2 Å². The molecule has 0 saturated carbocycles. The normalized spacial score (nSPS) is 14.2. The summed E-state index contributed by atoms with van der Waals surface area (Å²) in [5.41, 5.74) is 2.22. The summed E-state index contributed by atoms with van der Waals surface area (Å²) in [5.74, 6) is -0.0245. The minimum Gasteiger partial charge on any atom is -0.312 e. The molecule has 0 aromatic heterocycles. The Morgan fingerprint density at radius 3 is 2.54 bits per heavy atom. The van der Waals surface area contributed by atoms with E-state index >= 15 is 0 Å². The van der Waals surface area contributed by atoms with Gasteiger partial charge in [-0.3, -0.25) is 9.52 Å². The number of nitrogens with one attached hydrogen (secondary N) is 1. The minimum absolute atomic E-state index is 0.0245. The summed E-state index contributed by atoms with van der Waals surface area (Å²) in [6, 6.07) is 12.1. The molecule has 5 nitrogen and oxygen atoms in total. The summed E-state index contributed by atoms with van der Waals surface area (Å²) < 4.78 is 28.8. The van der Waals surface area contributed by atoms with Gasteiger partial charge < -0.3 is 4.90 Å². The predicted molar refractivity (Wildman–Crippen MR) is 103 cm³/mol.